The molecular formula is C15H9FN2O2. The van der Waals surface area contributed by atoms with E-state index in [9.17, 15) is 4.39 Å². The Kier molecular flexibility index (Phi) is 3.83. The summed E-state index contributed by atoms with van der Waals surface area (Å²) >= 11 is 0. The zero-order valence-corrected chi connectivity index (χ0v) is 10.6. The maximum absolute atomic E-state index is 13.2. The van der Waals surface area contributed by atoms with Crippen molar-refractivity contribution in [3.63, 3.8) is 0 Å². The first-order valence-corrected chi connectivity index (χ1v) is 5.63. The maximum Gasteiger partial charge on any atom is 0.145 e. The number of hydrogen-bond acceptors (Lipinski definition) is 4. The Labute approximate surface area is 115 Å². The van der Waals surface area contributed by atoms with Crippen molar-refractivity contribution >= 4 is 0 Å². The van der Waals surface area contributed by atoms with E-state index in [0.717, 1.165) is 6.07 Å². The van der Waals surface area contributed by atoms with Gasteiger partial charge in [0.15, 0.2) is 0 Å². The lowest BCUT2D eigenvalue weighted by atomic mass is 10.2. The lowest BCUT2D eigenvalue weighted by Crippen LogP contribution is -1.92. The van der Waals surface area contributed by atoms with Crippen LogP contribution in [0.25, 0.3) is 0 Å². The summed E-state index contributed by atoms with van der Waals surface area (Å²) < 4.78 is 23.7. The van der Waals surface area contributed by atoms with E-state index in [1.807, 2.05) is 6.07 Å². The van der Waals surface area contributed by atoms with Gasteiger partial charge in [-0.2, -0.15) is 10.5 Å². The smallest absolute Gasteiger partial charge is 0.145 e. The van der Waals surface area contributed by atoms with Crippen molar-refractivity contribution in [2.45, 2.75) is 0 Å². The van der Waals surface area contributed by atoms with Crippen LogP contribution in [0.1, 0.15) is 11.1 Å². The summed E-state index contributed by atoms with van der Waals surface area (Å²) in [6.45, 7) is 0. The van der Waals surface area contributed by atoms with Crippen LogP contribution in [-0.2, 0) is 0 Å². The highest BCUT2D eigenvalue weighted by atomic mass is 19.1. The van der Waals surface area contributed by atoms with Crippen molar-refractivity contribution in [2.75, 3.05) is 7.11 Å². The molecule has 20 heavy (non-hydrogen) atoms. The van der Waals surface area contributed by atoms with Gasteiger partial charge in [0, 0.05) is 12.1 Å². The highest BCUT2D eigenvalue weighted by Gasteiger charge is 2.09. The fraction of sp³-hybridized carbons (Fsp3) is 0.0667. The number of rotatable bonds is 3. The zero-order chi connectivity index (χ0) is 14.5. The van der Waals surface area contributed by atoms with Crippen LogP contribution in [0.2, 0.25) is 0 Å². The van der Waals surface area contributed by atoms with Gasteiger partial charge in [0.05, 0.1) is 18.2 Å². The highest BCUT2D eigenvalue weighted by Crippen LogP contribution is 2.29. The second-order valence-electron chi connectivity index (χ2n) is 3.83. The quantitative estimate of drug-likeness (QED) is 0.855. The Morgan fingerprint density at radius 2 is 1.60 bits per heavy atom. The lowest BCUT2D eigenvalue weighted by Gasteiger charge is -2.09. The molecule has 0 atom stereocenters. The van der Waals surface area contributed by atoms with Gasteiger partial charge in [0.25, 0.3) is 0 Å². The summed E-state index contributed by atoms with van der Waals surface area (Å²) in [4.78, 5) is 0. The van der Waals surface area contributed by atoms with Crippen molar-refractivity contribution < 1.29 is 13.9 Å². The summed E-state index contributed by atoms with van der Waals surface area (Å²) in [6.07, 6.45) is 0. The van der Waals surface area contributed by atoms with Crippen molar-refractivity contribution in [3.8, 4) is 29.4 Å². The molecule has 98 valence electrons. The van der Waals surface area contributed by atoms with Gasteiger partial charge in [-0.15, -0.1) is 0 Å². The predicted octanol–water partition coefficient (Wildman–Crippen LogP) is 3.37. The average molecular weight is 268 g/mol. The second-order valence-corrected chi connectivity index (χ2v) is 3.83. The average Bonchev–Trinajstić information content (AvgIpc) is 2.49. The minimum Gasteiger partial charge on any atom is -0.497 e. The fourth-order valence-corrected chi connectivity index (χ4v) is 1.59. The third-order valence-electron chi connectivity index (χ3n) is 2.59. The predicted molar refractivity (Wildman–Crippen MR) is 68.9 cm³/mol. The number of ether oxygens (including phenoxy) is 2. The molecule has 2 aromatic rings. The van der Waals surface area contributed by atoms with Crippen LogP contribution >= 0.6 is 0 Å². The van der Waals surface area contributed by atoms with Crippen LogP contribution < -0.4 is 9.47 Å². The van der Waals surface area contributed by atoms with E-state index in [2.05, 4.69) is 0 Å². The topological polar surface area (TPSA) is 66.0 Å². The molecule has 0 aliphatic carbocycles. The second kappa shape index (κ2) is 5.73. The molecule has 0 aromatic heterocycles. The molecular weight excluding hydrogens is 259 g/mol. The molecule has 0 saturated heterocycles. The Hall–Kier alpha value is -3.05. The summed E-state index contributed by atoms with van der Waals surface area (Å²) in [5.41, 5.74) is 0.168. The molecule has 0 aliphatic heterocycles. The van der Waals surface area contributed by atoms with Crippen molar-refractivity contribution in [3.05, 3.63) is 53.3 Å². The summed E-state index contributed by atoms with van der Waals surface area (Å²) in [5, 5.41) is 17.8. The first-order chi connectivity index (χ1) is 9.67. The van der Waals surface area contributed by atoms with E-state index < -0.39 is 5.82 Å². The third-order valence-corrected chi connectivity index (χ3v) is 2.59. The largest absolute Gasteiger partial charge is 0.497 e. The van der Waals surface area contributed by atoms with Crippen LogP contribution in [0.4, 0.5) is 4.39 Å². The molecule has 0 saturated carbocycles. The summed E-state index contributed by atoms with van der Waals surface area (Å²) in [7, 11) is 1.50. The van der Waals surface area contributed by atoms with Crippen molar-refractivity contribution in [1.82, 2.24) is 0 Å². The number of halogens is 1. The number of nitrogens with zero attached hydrogens (tertiary/aromatic N) is 2. The minimum atomic E-state index is -0.616. The SMILES string of the molecule is COc1ccc(Oc2ccc(F)c(C#N)c2)c(C#N)c1. The molecule has 0 aliphatic rings. The van der Waals surface area contributed by atoms with Crippen LogP contribution in [0.15, 0.2) is 36.4 Å². The maximum atomic E-state index is 13.2. The number of nitriles is 2. The standard InChI is InChI=1S/C15H9FN2O2/c1-19-12-3-5-15(11(7-12)9-18)20-13-2-4-14(16)10(6-13)8-17/h2-7H,1H3. The van der Waals surface area contributed by atoms with Gasteiger partial charge >= 0.3 is 0 Å². The number of hydrogen-bond donors (Lipinski definition) is 0. The molecule has 0 N–H and O–H groups in total. The lowest BCUT2D eigenvalue weighted by molar-refractivity contribution is 0.412. The van der Waals surface area contributed by atoms with E-state index >= 15 is 0 Å². The summed E-state index contributed by atoms with van der Waals surface area (Å²) in [5.74, 6) is 0.509. The van der Waals surface area contributed by atoms with Gasteiger partial charge < -0.3 is 9.47 Å². The zero-order valence-electron chi connectivity index (χ0n) is 10.6. The normalized spacial score (nSPS) is 9.40. The van der Waals surface area contributed by atoms with Gasteiger partial charge in [-0.05, 0) is 24.3 Å². The van der Waals surface area contributed by atoms with Crippen molar-refractivity contribution in [2.24, 2.45) is 0 Å². The highest BCUT2D eigenvalue weighted by molar-refractivity contribution is 5.50. The van der Waals surface area contributed by atoms with E-state index in [4.69, 9.17) is 20.0 Å². The molecule has 0 heterocycles. The first-order valence-electron chi connectivity index (χ1n) is 5.63. The van der Waals surface area contributed by atoms with Gasteiger partial charge in [-0.3, -0.25) is 0 Å². The first kappa shape index (κ1) is 13.4. The number of methoxy groups -OCH3 is 1. The Morgan fingerprint density at radius 3 is 2.25 bits per heavy atom. The van der Waals surface area contributed by atoms with E-state index in [1.165, 1.54) is 25.3 Å². The van der Waals surface area contributed by atoms with E-state index in [1.54, 1.807) is 18.2 Å². The summed E-state index contributed by atoms with van der Waals surface area (Å²) in [6, 6.07) is 12.3. The molecule has 5 heteroatoms. The van der Waals surface area contributed by atoms with E-state index in [-0.39, 0.29) is 16.9 Å². The molecule has 0 radical (unpaired) electrons. The van der Waals surface area contributed by atoms with Gasteiger partial charge in [0.1, 0.15) is 35.2 Å². The molecule has 0 fully saturated rings. The monoisotopic (exact) mass is 268 g/mol. The van der Waals surface area contributed by atoms with Crippen molar-refractivity contribution in [1.29, 1.82) is 10.5 Å². The van der Waals surface area contributed by atoms with Crippen LogP contribution in [0, 0.1) is 28.5 Å². The molecule has 4 nitrogen and oxygen atoms in total. The molecule has 0 unspecified atom stereocenters. The van der Waals surface area contributed by atoms with Gasteiger partial charge in [-0.1, -0.05) is 0 Å². The molecule has 0 bridgehead atoms. The van der Waals surface area contributed by atoms with Gasteiger partial charge in [0.2, 0.25) is 0 Å². The van der Waals surface area contributed by atoms with Gasteiger partial charge in [-0.25, -0.2) is 4.39 Å². The Balaban J connectivity index is 2.36. The van der Waals surface area contributed by atoms with Crippen LogP contribution in [0.3, 0.4) is 0 Å². The number of benzene rings is 2. The molecule has 2 aromatic carbocycles. The Morgan fingerprint density at radius 1 is 0.950 bits per heavy atom. The fourth-order valence-electron chi connectivity index (χ4n) is 1.59. The Bertz CT molecular complexity index is 730. The minimum absolute atomic E-state index is 0.116. The molecule has 2 rings (SSSR count). The van der Waals surface area contributed by atoms with E-state index in [0.29, 0.717) is 11.5 Å². The molecule has 0 spiro atoms. The molecule has 0 amide bonds. The third kappa shape index (κ3) is 2.68. The van der Waals surface area contributed by atoms with Crippen LogP contribution in [-0.4, -0.2) is 7.11 Å². The van der Waals surface area contributed by atoms with Crippen LogP contribution in [0.5, 0.6) is 17.2 Å².